The molecule has 1 rings (SSSR count). The van der Waals surface area contributed by atoms with Crippen LogP contribution in [0.5, 0.6) is 0 Å². The second kappa shape index (κ2) is 10.0. The molecule has 1 aromatic carbocycles. The summed E-state index contributed by atoms with van der Waals surface area (Å²) >= 11 is 0. The van der Waals surface area contributed by atoms with E-state index in [9.17, 15) is 9.59 Å². The number of amides is 2. The molecule has 5 heteroatoms. The van der Waals surface area contributed by atoms with Gasteiger partial charge in [-0.15, -0.1) is 0 Å². The van der Waals surface area contributed by atoms with Crippen LogP contribution in [-0.2, 0) is 16.0 Å². The van der Waals surface area contributed by atoms with Crippen LogP contribution in [0.3, 0.4) is 0 Å². The Bertz CT molecular complexity index is 497. The van der Waals surface area contributed by atoms with Gasteiger partial charge in [-0.05, 0) is 23.5 Å². The van der Waals surface area contributed by atoms with Crippen molar-refractivity contribution in [3.63, 3.8) is 0 Å². The first kappa shape index (κ1) is 19.2. The normalized spacial score (nSPS) is 12.0. The average molecular weight is 319 g/mol. The van der Waals surface area contributed by atoms with Gasteiger partial charge in [-0.3, -0.25) is 9.59 Å². The maximum Gasteiger partial charge on any atom is 0.239 e. The van der Waals surface area contributed by atoms with Crippen LogP contribution in [0.1, 0.15) is 44.4 Å². The van der Waals surface area contributed by atoms with Crippen LogP contribution in [-0.4, -0.2) is 32.0 Å². The van der Waals surface area contributed by atoms with Crippen molar-refractivity contribution in [3.8, 4) is 0 Å². The number of aryl methyl sites for hydroxylation is 1. The van der Waals surface area contributed by atoms with Crippen molar-refractivity contribution < 1.29 is 9.59 Å². The molecular weight excluding hydrogens is 290 g/mol. The van der Waals surface area contributed by atoms with Gasteiger partial charge in [-0.1, -0.05) is 51.5 Å². The van der Waals surface area contributed by atoms with Crippen molar-refractivity contribution in [3.05, 3.63) is 35.4 Å². The van der Waals surface area contributed by atoms with Crippen molar-refractivity contribution in [2.24, 2.45) is 5.92 Å². The Kier molecular flexibility index (Phi) is 8.33. The summed E-state index contributed by atoms with van der Waals surface area (Å²) in [7, 11) is 1.55. The van der Waals surface area contributed by atoms with E-state index >= 15 is 0 Å². The lowest BCUT2D eigenvalue weighted by molar-refractivity contribution is -0.125. The maximum absolute atomic E-state index is 11.8. The second-order valence-electron chi connectivity index (χ2n) is 6.04. The zero-order valence-electron chi connectivity index (χ0n) is 14.6. The summed E-state index contributed by atoms with van der Waals surface area (Å²) < 4.78 is 0. The van der Waals surface area contributed by atoms with Gasteiger partial charge in [-0.2, -0.15) is 0 Å². The number of likely N-dealkylation sites (N-methyl/N-ethyl adjacent to an activating group) is 1. The van der Waals surface area contributed by atoms with Gasteiger partial charge < -0.3 is 16.0 Å². The van der Waals surface area contributed by atoms with Crippen LogP contribution in [0, 0.1) is 5.92 Å². The summed E-state index contributed by atoms with van der Waals surface area (Å²) in [4.78, 5) is 22.9. The van der Waals surface area contributed by atoms with Crippen molar-refractivity contribution in [2.75, 3.05) is 20.1 Å². The Morgan fingerprint density at radius 3 is 2.22 bits per heavy atom. The van der Waals surface area contributed by atoms with Gasteiger partial charge in [0, 0.05) is 13.1 Å². The second-order valence-corrected chi connectivity index (χ2v) is 6.04. The molecule has 3 N–H and O–H groups in total. The van der Waals surface area contributed by atoms with Crippen molar-refractivity contribution >= 4 is 11.8 Å². The van der Waals surface area contributed by atoms with E-state index < -0.39 is 0 Å². The SMILES string of the molecule is CCCc1ccc([C@H](NCC(=O)NCC(=O)NC)C(C)C)cc1. The summed E-state index contributed by atoms with van der Waals surface area (Å²) in [5.41, 5.74) is 2.51. The van der Waals surface area contributed by atoms with E-state index in [2.05, 4.69) is 61.0 Å². The fourth-order valence-corrected chi connectivity index (χ4v) is 2.45. The monoisotopic (exact) mass is 319 g/mol. The van der Waals surface area contributed by atoms with Gasteiger partial charge in [0.25, 0.3) is 0 Å². The van der Waals surface area contributed by atoms with Gasteiger partial charge in [0.15, 0.2) is 0 Å². The lowest BCUT2D eigenvalue weighted by Crippen LogP contribution is -2.41. The van der Waals surface area contributed by atoms with Crippen molar-refractivity contribution in [1.82, 2.24) is 16.0 Å². The third-order valence-electron chi connectivity index (χ3n) is 3.75. The van der Waals surface area contributed by atoms with Gasteiger partial charge in [0.2, 0.25) is 11.8 Å². The number of carbonyl (C=O) groups is 2. The van der Waals surface area contributed by atoms with E-state index in [1.165, 1.54) is 11.1 Å². The van der Waals surface area contributed by atoms with E-state index in [0.717, 1.165) is 12.8 Å². The summed E-state index contributed by atoms with van der Waals surface area (Å²) in [6.45, 7) is 6.62. The third kappa shape index (κ3) is 6.82. The van der Waals surface area contributed by atoms with Crippen LogP contribution in [0.15, 0.2) is 24.3 Å². The molecule has 1 atom stereocenters. The zero-order valence-corrected chi connectivity index (χ0v) is 14.6. The predicted molar refractivity (Wildman–Crippen MR) is 93.1 cm³/mol. The van der Waals surface area contributed by atoms with E-state index in [4.69, 9.17) is 0 Å². The van der Waals surface area contributed by atoms with Crippen LogP contribution in [0.25, 0.3) is 0 Å². The Hall–Kier alpha value is -1.88. The van der Waals surface area contributed by atoms with E-state index in [-0.39, 0.29) is 30.9 Å². The van der Waals surface area contributed by atoms with Gasteiger partial charge >= 0.3 is 0 Å². The molecule has 0 saturated heterocycles. The minimum Gasteiger partial charge on any atom is -0.358 e. The molecule has 0 aliphatic rings. The number of benzene rings is 1. The number of hydrogen-bond donors (Lipinski definition) is 3. The predicted octanol–water partition coefficient (Wildman–Crippen LogP) is 1.79. The average Bonchev–Trinajstić information content (AvgIpc) is 2.54. The minimum atomic E-state index is -0.203. The smallest absolute Gasteiger partial charge is 0.239 e. The fraction of sp³-hybridized carbons (Fsp3) is 0.556. The molecule has 0 saturated carbocycles. The lowest BCUT2D eigenvalue weighted by atomic mass is 9.94. The summed E-state index contributed by atoms with van der Waals surface area (Å²) in [5.74, 6) is -0.0223. The Morgan fingerprint density at radius 2 is 1.70 bits per heavy atom. The fourth-order valence-electron chi connectivity index (χ4n) is 2.45. The molecule has 0 unspecified atom stereocenters. The molecule has 5 nitrogen and oxygen atoms in total. The molecule has 0 aromatic heterocycles. The number of hydrogen-bond acceptors (Lipinski definition) is 3. The summed E-state index contributed by atoms with van der Waals surface area (Å²) in [6.07, 6.45) is 2.22. The maximum atomic E-state index is 11.8. The number of carbonyl (C=O) groups excluding carboxylic acids is 2. The topological polar surface area (TPSA) is 70.2 Å². The molecule has 1 aromatic rings. The van der Waals surface area contributed by atoms with Gasteiger partial charge in [-0.25, -0.2) is 0 Å². The van der Waals surface area contributed by atoms with Crippen LogP contribution in [0.4, 0.5) is 0 Å². The molecule has 0 aliphatic heterocycles. The quantitative estimate of drug-likeness (QED) is 0.650. The number of nitrogens with one attached hydrogen (secondary N) is 3. The molecule has 0 heterocycles. The van der Waals surface area contributed by atoms with E-state index in [1.54, 1.807) is 7.05 Å². The van der Waals surface area contributed by atoms with Crippen molar-refractivity contribution in [2.45, 2.75) is 39.7 Å². The first-order valence-corrected chi connectivity index (χ1v) is 8.27. The summed E-state index contributed by atoms with van der Waals surface area (Å²) in [6, 6.07) is 8.68. The molecule has 0 aliphatic carbocycles. The zero-order chi connectivity index (χ0) is 17.2. The largest absolute Gasteiger partial charge is 0.358 e. The van der Waals surface area contributed by atoms with Crippen LogP contribution < -0.4 is 16.0 Å². The third-order valence-corrected chi connectivity index (χ3v) is 3.75. The van der Waals surface area contributed by atoms with Crippen LogP contribution in [0.2, 0.25) is 0 Å². The summed E-state index contributed by atoms with van der Waals surface area (Å²) in [5, 5.41) is 8.35. The Balaban J connectivity index is 2.58. The lowest BCUT2D eigenvalue weighted by Gasteiger charge is -2.23. The molecule has 128 valence electrons. The molecule has 0 radical (unpaired) electrons. The Morgan fingerprint density at radius 1 is 1.04 bits per heavy atom. The molecule has 2 amide bonds. The first-order chi connectivity index (χ1) is 11.0. The minimum absolute atomic E-state index is 0.00900. The molecule has 0 bridgehead atoms. The van der Waals surface area contributed by atoms with Crippen molar-refractivity contribution in [1.29, 1.82) is 0 Å². The van der Waals surface area contributed by atoms with Crippen LogP contribution >= 0.6 is 0 Å². The van der Waals surface area contributed by atoms with E-state index in [0.29, 0.717) is 5.92 Å². The standard InChI is InChI=1S/C18H29N3O2/c1-5-6-14-7-9-15(10-8-14)18(13(2)3)21-12-17(23)20-11-16(22)19-4/h7-10,13,18,21H,5-6,11-12H2,1-4H3,(H,19,22)(H,20,23)/t18-/m1/s1. The van der Waals surface area contributed by atoms with Gasteiger partial charge in [0.05, 0.1) is 13.1 Å². The molecule has 0 spiro atoms. The molecular formula is C18H29N3O2. The Labute approximate surface area is 139 Å². The highest BCUT2D eigenvalue weighted by atomic mass is 16.2. The first-order valence-electron chi connectivity index (χ1n) is 8.27. The number of rotatable bonds is 9. The highest BCUT2D eigenvalue weighted by Crippen LogP contribution is 2.22. The van der Waals surface area contributed by atoms with E-state index in [1.807, 2.05) is 0 Å². The molecule has 23 heavy (non-hydrogen) atoms. The highest BCUT2D eigenvalue weighted by Gasteiger charge is 2.16. The highest BCUT2D eigenvalue weighted by molar-refractivity contribution is 5.85. The van der Waals surface area contributed by atoms with Gasteiger partial charge in [0.1, 0.15) is 0 Å². The molecule has 0 fully saturated rings.